The molecule has 106 valence electrons. The van der Waals surface area contributed by atoms with Crippen LogP contribution in [0.25, 0.3) is 0 Å². The second-order valence-corrected chi connectivity index (χ2v) is 5.07. The first-order valence-electron chi connectivity index (χ1n) is 6.58. The molecule has 7 nitrogen and oxygen atoms in total. The minimum Gasteiger partial charge on any atom is -0.477 e. The van der Waals surface area contributed by atoms with E-state index >= 15 is 0 Å². The highest BCUT2D eigenvalue weighted by Crippen LogP contribution is 2.32. The van der Waals surface area contributed by atoms with E-state index in [1.165, 1.54) is 0 Å². The van der Waals surface area contributed by atoms with Gasteiger partial charge in [-0.15, -0.1) is 0 Å². The maximum atomic E-state index is 11.1. The number of aryl methyl sites for hydroxylation is 1. The van der Waals surface area contributed by atoms with Crippen LogP contribution in [0.15, 0.2) is 16.8 Å². The van der Waals surface area contributed by atoms with Crippen molar-refractivity contribution >= 4 is 5.97 Å². The molecule has 1 atom stereocenters. The first-order valence-corrected chi connectivity index (χ1v) is 6.58. The molecule has 0 radical (unpaired) electrons. The van der Waals surface area contributed by atoms with Crippen LogP contribution in [0.4, 0.5) is 0 Å². The number of aromatic carboxylic acids is 1. The minimum absolute atomic E-state index is 0.159. The fraction of sp³-hybridized carbons (Fsp3) is 0.462. The van der Waals surface area contributed by atoms with E-state index in [9.17, 15) is 4.79 Å². The average molecular weight is 276 g/mol. The highest BCUT2D eigenvalue weighted by molar-refractivity contribution is 5.86. The standard InChI is InChI=1S/C13H16N4O3/c1-8-5-10(16-20-8)11-3-2-4-17(11)7-9-6-14-15-12(9)13(18)19/h5-6,11H,2-4,7H2,1H3,(H,14,15)(H,18,19)/t11-/m1/s1. The zero-order valence-electron chi connectivity index (χ0n) is 11.2. The molecular formula is C13H16N4O3. The fourth-order valence-corrected chi connectivity index (χ4v) is 2.73. The molecule has 1 aliphatic rings. The largest absolute Gasteiger partial charge is 0.477 e. The number of rotatable bonds is 4. The monoisotopic (exact) mass is 276 g/mol. The molecule has 1 fully saturated rings. The normalized spacial score (nSPS) is 19.6. The number of carbonyl (C=O) groups is 1. The zero-order chi connectivity index (χ0) is 14.1. The van der Waals surface area contributed by atoms with E-state index in [0.29, 0.717) is 12.1 Å². The maximum absolute atomic E-state index is 11.1. The summed E-state index contributed by atoms with van der Waals surface area (Å²) in [6, 6.07) is 2.13. The smallest absolute Gasteiger partial charge is 0.354 e. The van der Waals surface area contributed by atoms with E-state index < -0.39 is 5.97 Å². The molecule has 0 aromatic carbocycles. The molecule has 0 unspecified atom stereocenters. The third-order valence-electron chi connectivity index (χ3n) is 3.66. The number of nitrogens with one attached hydrogen (secondary N) is 1. The number of likely N-dealkylation sites (tertiary alicyclic amines) is 1. The lowest BCUT2D eigenvalue weighted by molar-refractivity contribution is 0.0687. The van der Waals surface area contributed by atoms with Crippen molar-refractivity contribution < 1.29 is 14.4 Å². The highest BCUT2D eigenvalue weighted by atomic mass is 16.5. The Kier molecular flexibility index (Phi) is 3.27. The van der Waals surface area contributed by atoms with Crippen molar-refractivity contribution in [2.75, 3.05) is 6.54 Å². The van der Waals surface area contributed by atoms with Gasteiger partial charge < -0.3 is 9.63 Å². The molecular weight excluding hydrogens is 260 g/mol. The Hall–Kier alpha value is -2.15. The van der Waals surface area contributed by atoms with Gasteiger partial charge in [0, 0.05) is 18.2 Å². The van der Waals surface area contributed by atoms with Crippen LogP contribution < -0.4 is 0 Å². The van der Waals surface area contributed by atoms with Crippen molar-refractivity contribution in [3.8, 4) is 0 Å². The van der Waals surface area contributed by atoms with Crippen LogP contribution >= 0.6 is 0 Å². The van der Waals surface area contributed by atoms with Crippen molar-refractivity contribution in [3.63, 3.8) is 0 Å². The van der Waals surface area contributed by atoms with Gasteiger partial charge in [-0.05, 0) is 26.3 Å². The van der Waals surface area contributed by atoms with E-state index in [2.05, 4.69) is 20.3 Å². The number of carboxylic acids is 1. The van der Waals surface area contributed by atoms with Gasteiger partial charge in [-0.2, -0.15) is 5.10 Å². The van der Waals surface area contributed by atoms with Crippen molar-refractivity contribution in [2.24, 2.45) is 0 Å². The molecule has 1 aliphatic heterocycles. The Morgan fingerprint density at radius 1 is 1.65 bits per heavy atom. The maximum Gasteiger partial charge on any atom is 0.354 e. The Morgan fingerprint density at radius 3 is 3.20 bits per heavy atom. The van der Waals surface area contributed by atoms with Crippen molar-refractivity contribution in [3.05, 3.63) is 35.0 Å². The third-order valence-corrected chi connectivity index (χ3v) is 3.66. The Morgan fingerprint density at radius 2 is 2.50 bits per heavy atom. The highest BCUT2D eigenvalue weighted by Gasteiger charge is 2.29. The number of hydrogen-bond donors (Lipinski definition) is 2. The number of aromatic amines is 1. The molecule has 20 heavy (non-hydrogen) atoms. The number of aromatic nitrogens is 3. The first kappa shape index (κ1) is 12.9. The zero-order valence-corrected chi connectivity index (χ0v) is 11.2. The van der Waals surface area contributed by atoms with Gasteiger partial charge in [0.25, 0.3) is 0 Å². The predicted molar refractivity (Wildman–Crippen MR) is 69.2 cm³/mol. The molecule has 2 N–H and O–H groups in total. The summed E-state index contributed by atoms with van der Waals surface area (Å²) in [5, 5.41) is 19.5. The lowest BCUT2D eigenvalue weighted by Crippen LogP contribution is -2.23. The third kappa shape index (κ3) is 2.32. The second kappa shape index (κ2) is 5.09. The Balaban J connectivity index is 1.79. The lowest BCUT2D eigenvalue weighted by Gasteiger charge is -2.22. The summed E-state index contributed by atoms with van der Waals surface area (Å²) in [7, 11) is 0. The fourth-order valence-electron chi connectivity index (χ4n) is 2.73. The molecule has 1 saturated heterocycles. The summed E-state index contributed by atoms with van der Waals surface area (Å²) in [5.41, 5.74) is 1.77. The number of H-pyrrole nitrogens is 1. The van der Waals surface area contributed by atoms with Gasteiger partial charge in [0.15, 0.2) is 0 Å². The van der Waals surface area contributed by atoms with Gasteiger partial charge >= 0.3 is 5.97 Å². The van der Waals surface area contributed by atoms with Crippen LogP contribution in [0.5, 0.6) is 0 Å². The second-order valence-electron chi connectivity index (χ2n) is 5.07. The summed E-state index contributed by atoms with van der Waals surface area (Å²) in [5.74, 6) is -0.188. The average Bonchev–Trinajstić information content (AvgIpc) is 3.09. The van der Waals surface area contributed by atoms with Crippen LogP contribution in [0.2, 0.25) is 0 Å². The molecule has 0 spiro atoms. The molecule has 2 aromatic heterocycles. The number of hydrogen-bond acceptors (Lipinski definition) is 5. The van der Waals surface area contributed by atoms with Crippen LogP contribution in [-0.2, 0) is 6.54 Å². The Labute approximate surface area is 115 Å². The van der Waals surface area contributed by atoms with E-state index in [-0.39, 0.29) is 11.7 Å². The van der Waals surface area contributed by atoms with Crippen LogP contribution in [0.3, 0.4) is 0 Å². The van der Waals surface area contributed by atoms with E-state index in [4.69, 9.17) is 9.63 Å². The first-order chi connectivity index (χ1) is 9.65. The van der Waals surface area contributed by atoms with Gasteiger partial charge in [0.2, 0.25) is 0 Å². The summed E-state index contributed by atoms with van der Waals surface area (Å²) >= 11 is 0. The molecule has 0 bridgehead atoms. The molecule has 2 aromatic rings. The summed E-state index contributed by atoms with van der Waals surface area (Å²) in [4.78, 5) is 13.3. The Bertz CT molecular complexity index is 619. The molecule has 3 heterocycles. The van der Waals surface area contributed by atoms with Gasteiger partial charge in [0.05, 0.1) is 12.2 Å². The topological polar surface area (TPSA) is 95.2 Å². The molecule has 3 rings (SSSR count). The SMILES string of the molecule is Cc1cc([C@H]2CCCN2Cc2cn[nH]c2C(=O)O)no1. The van der Waals surface area contributed by atoms with Gasteiger partial charge in [0.1, 0.15) is 17.1 Å². The quantitative estimate of drug-likeness (QED) is 0.883. The van der Waals surface area contributed by atoms with E-state index in [0.717, 1.165) is 30.8 Å². The van der Waals surface area contributed by atoms with Crippen molar-refractivity contribution in [2.45, 2.75) is 32.4 Å². The minimum atomic E-state index is -0.981. The summed E-state index contributed by atoms with van der Waals surface area (Å²) in [6.07, 6.45) is 3.65. The molecule has 0 amide bonds. The predicted octanol–water partition coefficient (Wildman–Crippen LogP) is 1.74. The molecule has 0 saturated carbocycles. The number of nitrogens with zero attached hydrogens (tertiary/aromatic N) is 3. The van der Waals surface area contributed by atoms with Crippen molar-refractivity contribution in [1.29, 1.82) is 0 Å². The summed E-state index contributed by atoms with van der Waals surface area (Å²) in [6.45, 7) is 3.34. The molecule has 0 aliphatic carbocycles. The van der Waals surface area contributed by atoms with Crippen LogP contribution in [-0.4, -0.2) is 37.9 Å². The van der Waals surface area contributed by atoms with Crippen LogP contribution in [0.1, 0.15) is 46.4 Å². The van der Waals surface area contributed by atoms with Gasteiger partial charge in [-0.25, -0.2) is 4.79 Å². The van der Waals surface area contributed by atoms with Gasteiger partial charge in [-0.3, -0.25) is 10.00 Å². The summed E-state index contributed by atoms with van der Waals surface area (Å²) < 4.78 is 5.13. The van der Waals surface area contributed by atoms with Gasteiger partial charge in [-0.1, -0.05) is 5.16 Å². The van der Waals surface area contributed by atoms with Crippen LogP contribution in [0, 0.1) is 6.92 Å². The number of carboxylic acid groups (broad SMARTS) is 1. The van der Waals surface area contributed by atoms with E-state index in [1.807, 2.05) is 13.0 Å². The van der Waals surface area contributed by atoms with Crippen molar-refractivity contribution in [1.82, 2.24) is 20.3 Å². The molecule has 7 heteroatoms. The lowest BCUT2D eigenvalue weighted by atomic mass is 10.1. The van der Waals surface area contributed by atoms with E-state index in [1.54, 1.807) is 6.20 Å².